The number of carbonyl (C=O) groups is 8. The quantitative estimate of drug-likeness (QED) is 0.0267. The molecule has 22 heteroatoms. The van der Waals surface area contributed by atoms with Crippen molar-refractivity contribution in [2.75, 3.05) is 31.5 Å². The Morgan fingerprint density at radius 1 is 0.805 bits per heavy atom. The van der Waals surface area contributed by atoms with Crippen LogP contribution in [0.2, 0.25) is 0 Å². The van der Waals surface area contributed by atoms with Gasteiger partial charge in [0.05, 0.1) is 18.2 Å². The molecule has 0 spiro atoms. The van der Waals surface area contributed by atoms with E-state index in [-0.39, 0.29) is 106 Å². The smallest absolute Gasteiger partial charge is 0.407 e. The number of carbonyl (C=O) groups excluding carboxylic acids is 8. The Kier molecular flexibility index (Phi) is 22.3. The van der Waals surface area contributed by atoms with Crippen LogP contribution in [0.15, 0.2) is 84.9 Å². The lowest BCUT2D eigenvalue weighted by Gasteiger charge is -2.39. The minimum Gasteiger partial charge on any atom is -0.445 e. The highest BCUT2D eigenvalue weighted by Gasteiger charge is 2.39. The molecule has 7 N–H and O–H groups in total. The molecule has 0 fully saturated rings. The summed E-state index contributed by atoms with van der Waals surface area (Å²) in [5.41, 5.74) is 6.31. The van der Waals surface area contributed by atoms with E-state index >= 15 is 4.39 Å². The fourth-order valence-electron chi connectivity index (χ4n) is 8.57. The van der Waals surface area contributed by atoms with Crippen LogP contribution >= 0.6 is 0 Å². The summed E-state index contributed by atoms with van der Waals surface area (Å²) in [5, 5.41) is 18.1. The zero-order valence-corrected chi connectivity index (χ0v) is 44.5. The number of benzene rings is 3. The number of alkyl carbamates (subject to hydrolysis) is 1. The number of primary amides is 1. The number of imide groups is 1. The van der Waals surface area contributed by atoms with E-state index < -0.39 is 59.1 Å². The lowest BCUT2D eigenvalue weighted by Crippen LogP contribution is -2.54. The van der Waals surface area contributed by atoms with Crippen molar-refractivity contribution >= 4 is 53.3 Å². The molecule has 0 saturated heterocycles. The van der Waals surface area contributed by atoms with Crippen molar-refractivity contribution in [1.29, 1.82) is 0 Å². The van der Waals surface area contributed by atoms with Crippen LogP contribution in [0.1, 0.15) is 116 Å². The van der Waals surface area contributed by atoms with E-state index in [0.29, 0.717) is 42.8 Å². The van der Waals surface area contributed by atoms with Crippen LogP contribution in [0.5, 0.6) is 0 Å². The highest BCUT2D eigenvalue weighted by molar-refractivity contribution is 6.12. The van der Waals surface area contributed by atoms with Gasteiger partial charge in [0, 0.05) is 56.9 Å². The summed E-state index contributed by atoms with van der Waals surface area (Å²) in [6.45, 7) is 11.9. The molecule has 0 aliphatic carbocycles. The van der Waals surface area contributed by atoms with E-state index in [1.54, 1.807) is 54.6 Å². The first-order valence-corrected chi connectivity index (χ1v) is 25.9. The predicted octanol–water partition coefficient (Wildman–Crippen LogP) is 6.41. The Morgan fingerprint density at radius 3 is 2.14 bits per heavy atom. The second kappa shape index (κ2) is 28.7. The van der Waals surface area contributed by atoms with Gasteiger partial charge in [-0.3, -0.25) is 33.7 Å². The van der Waals surface area contributed by atoms with Crippen molar-refractivity contribution in [3.8, 4) is 11.4 Å². The van der Waals surface area contributed by atoms with Gasteiger partial charge in [-0.15, -0.1) is 0 Å². The summed E-state index contributed by atoms with van der Waals surface area (Å²) < 4.78 is 36.6. The summed E-state index contributed by atoms with van der Waals surface area (Å²) in [7, 11) is 0. The standard InChI is InChI=1S/C55H71F2N11O9/c1-7-44(70)67(48(55(4,5)6)50-64-49(40-32-38(56)22-25-41(40)57)65-68(50)33-36-16-10-8-11-17-36)31-15-29-60-54(76)77-34-37-20-23-39(24-21-37)61-51(73)42(18-14-28-59-53(58)75)62-52(74)47(35(2)3)63-43(69)19-12-9-13-30-66-45(71)26-27-46(66)72/h8,10-11,16-17,20-27,32,35,42,47-48H,7,9,12-15,18-19,28-31,33-34H2,1-6H3,(H,60,76)(H,61,73)(H,62,74)(H,63,69)(H3,58,59,75). The summed E-state index contributed by atoms with van der Waals surface area (Å²) in [6, 6.07) is 15.5. The topological polar surface area (TPSA) is 269 Å². The van der Waals surface area contributed by atoms with E-state index in [1.807, 2.05) is 51.1 Å². The molecule has 1 aromatic heterocycles. The molecule has 3 aromatic carbocycles. The molecule has 1 aliphatic rings. The fourth-order valence-corrected chi connectivity index (χ4v) is 8.57. The molecule has 3 unspecified atom stereocenters. The van der Waals surface area contributed by atoms with E-state index in [1.165, 1.54) is 12.2 Å². The summed E-state index contributed by atoms with van der Waals surface area (Å²) >= 11 is 0. The number of anilines is 1. The van der Waals surface area contributed by atoms with Crippen molar-refractivity contribution in [2.45, 2.75) is 124 Å². The lowest BCUT2D eigenvalue weighted by molar-refractivity contribution is -0.137. The zero-order chi connectivity index (χ0) is 56.2. The van der Waals surface area contributed by atoms with Crippen LogP contribution in [0.4, 0.5) is 24.1 Å². The van der Waals surface area contributed by atoms with Crippen LogP contribution in [0.3, 0.4) is 0 Å². The molecule has 2 heterocycles. The molecule has 0 saturated carbocycles. The number of nitrogens with one attached hydrogen (secondary N) is 5. The molecule has 77 heavy (non-hydrogen) atoms. The molecule has 3 atom stereocenters. The minimum absolute atomic E-state index is 0.0254. The number of amides is 9. The average molecular weight is 1070 g/mol. The van der Waals surface area contributed by atoms with Crippen LogP contribution in [0, 0.1) is 23.0 Å². The molecule has 0 bridgehead atoms. The van der Waals surface area contributed by atoms with Gasteiger partial charge in [0.2, 0.25) is 23.6 Å². The highest BCUT2D eigenvalue weighted by atomic mass is 19.1. The second-order valence-electron chi connectivity index (χ2n) is 20.1. The van der Waals surface area contributed by atoms with Gasteiger partial charge in [-0.1, -0.05) is 90.4 Å². The van der Waals surface area contributed by atoms with Gasteiger partial charge < -0.3 is 42.0 Å². The average Bonchev–Trinajstić information content (AvgIpc) is 3.94. The molecule has 414 valence electrons. The number of hydrogen-bond acceptors (Lipinski definition) is 11. The highest BCUT2D eigenvalue weighted by Crippen LogP contribution is 2.39. The van der Waals surface area contributed by atoms with E-state index in [9.17, 15) is 42.7 Å². The van der Waals surface area contributed by atoms with Crippen LogP contribution in [-0.4, -0.2) is 110 Å². The lowest BCUT2D eigenvalue weighted by atomic mass is 9.84. The molecular weight excluding hydrogens is 997 g/mol. The fraction of sp³-hybridized carbons (Fsp3) is 0.455. The molecule has 4 aromatic rings. The van der Waals surface area contributed by atoms with Crippen molar-refractivity contribution in [1.82, 2.24) is 45.8 Å². The first-order valence-electron chi connectivity index (χ1n) is 25.9. The van der Waals surface area contributed by atoms with E-state index in [0.717, 1.165) is 28.7 Å². The Hall–Kier alpha value is -8.04. The SMILES string of the molecule is CCC(=O)N(CCCNC(=O)OCc1ccc(NC(=O)C(CCCNC(N)=O)NC(=O)C(NC(=O)CCCCCN2C(=O)C=CC2=O)C(C)C)cc1)C(c1nc(-c2cc(F)ccc2F)nn1Cc1ccccc1)C(C)(C)C. The number of unbranched alkanes of at least 4 members (excludes halogenated alkanes) is 2. The minimum atomic E-state index is -1.08. The largest absolute Gasteiger partial charge is 0.445 e. The third kappa shape index (κ3) is 18.3. The first-order chi connectivity index (χ1) is 36.6. The molecule has 9 amide bonds. The third-order valence-corrected chi connectivity index (χ3v) is 12.5. The van der Waals surface area contributed by atoms with Crippen LogP contribution in [0.25, 0.3) is 11.4 Å². The molecule has 5 rings (SSSR count). The predicted molar refractivity (Wildman–Crippen MR) is 283 cm³/mol. The third-order valence-electron chi connectivity index (χ3n) is 12.5. The van der Waals surface area contributed by atoms with Gasteiger partial charge in [-0.25, -0.2) is 28.0 Å². The summed E-state index contributed by atoms with van der Waals surface area (Å²) in [4.78, 5) is 109. The maximum atomic E-state index is 15.1. The zero-order valence-electron chi connectivity index (χ0n) is 44.5. The number of rotatable bonds is 28. The number of aromatic nitrogens is 3. The Bertz CT molecular complexity index is 2710. The number of urea groups is 1. The number of hydrogen-bond donors (Lipinski definition) is 6. The molecule has 0 radical (unpaired) electrons. The van der Waals surface area contributed by atoms with Gasteiger partial charge in [-0.05, 0) is 84.9 Å². The Balaban J connectivity index is 1.15. The molecule has 1 aliphatic heterocycles. The number of ether oxygens (including phenoxy) is 1. The normalized spacial score (nSPS) is 13.4. The second-order valence-corrected chi connectivity index (χ2v) is 20.1. The van der Waals surface area contributed by atoms with Crippen molar-refractivity contribution in [3.05, 3.63) is 114 Å². The maximum absolute atomic E-state index is 15.1. The number of halogens is 2. The van der Waals surface area contributed by atoms with Gasteiger partial charge in [0.25, 0.3) is 11.8 Å². The van der Waals surface area contributed by atoms with Crippen molar-refractivity contribution in [2.24, 2.45) is 17.1 Å². The van der Waals surface area contributed by atoms with Crippen LogP contribution in [-0.2, 0) is 46.7 Å². The van der Waals surface area contributed by atoms with Gasteiger partial charge in [0.1, 0.15) is 30.3 Å². The van der Waals surface area contributed by atoms with Crippen molar-refractivity contribution < 1.29 is 51.9 Å². The number of nitrogens with two attached hydrogens (primary N) is 1. The van der Waals surface area contributed by atoms with Crippen LogP contribution < -0.4 is 32.3 Å². The monoisotopic (exact) mass is 1070 g/mol. The molecular formula is C55H71F2N11O9. The van der Waals surface area contributed by atoms with E-state index in [4.69, 9.17) is 15.5 Å². The van der Waals surface area contributed by atoms with Gasteiger partial charge in [-0.2, -0.15) is 5.10 Å². The Labute approximate surface area is 447 Å². The number of nitrogens with zero attached hydrogens (tertiary/aromatic N) is 5. The van der Waals surface area contributed by atoms with E-state index in [2.05, 4.69) is 31.7 Å². The summed E-state index contributed by atoms with van der Waals surface area (Å²) in [6.07, 6.45) is 4.24. The van der Waals surface area contributed by atoms with Gasteiger partial charge >= 0.3 is 12.1 Å². The molecule has 20 nitrogen and oxygen atoms in total. The van der Waals surface area contributed by atoms with Crippen molar-refractivity contribution in [3.63, 3.8) is 0 Å². The summed E-state index contributed by atoms with van der Waals surface area (Å²) in [5.74, 6) is -3.79. The first kappa shape index (κ1) is 59.8. The maximum Gasteiger partial charge on any atom is 0.407 e. The van der Waals surface area contributed by atoms with Gasteiger partial charge in [0.15, 0.2) is 11.6 Å². The Morgan fingerprint density at radius 2 is 1.49 bits per heavy atom.